The molecule has 0 aliphatic carbocycles. The normalized spacial score (nSPS) is 11.4. The van der Waals surface area contributed by atoms with E-state index in [1.165, 1.54) is 76.5 Å². The van der Waals surface area contributed by atoms with Crippen LogP contribution in [0.2, 0.25) is 0 Å². The Morgan fingerprint density at radius 1 is 0.226 bits per heavy atom. The van der Waals surface area contributed by atoms with Crippen molar-refractivity contribution in [2.24, 2.45) is 0 Å². The molecule has 0 N–H and O–H groups in total. The minimum atomic E-state index is 1.11. The van der Waals surface area contributed by atoms with Crippen LogP contribution < -0.4 is 4.90 Å². The molecule has 0 saturated heterocycles. The first-order chi connectivity index (χ1) is 26.3. The molecule has 0 amide bonds. The maximum Gasteiger partial charge on any atom is 0.0467 e. The van der Waals surface area contributed by atoms with Crippen molar-refractivity contribution in [3.05, 3.63) is 212 Å². The molecule has 0 saturated carbocycles. The van der Waals surface area contributed by atoms with Gasteiger partial charge in [-0.2, -0.15) is 0 Å². The van der Waals surface area contributed by atoms with Crippen molar-refractivity contribution in [2.75, 3.05) is 4.90 Å². The zero-order valence-electron chi connectivity index (χ0n) is 29.2. The first-order valence-corrected chi connectivity index (χ1v) is 18.3. The van der Waals surface area contributed by atoms with Gasteiger partial charge in [0.05, 0.1) is 0 Å². The van der Waals surface area contributed by atoms with Crippen molar-refractivity contribution in [3.8, 4) is 33.4 Å². The van der Waals surface area contributed by atoms with Crippen molar-refractivity contribution in [2.45, 2.75) is 0 Å². The number of para-hydroxylation sites is 1. The van der Waals surface area contributed by atoms with Gasteiger partial charge in [0.15, 0.2) is 0 Å². The van der Waals surface area contributed by atoms with Crippen LogP contribution in [0.15, 0.2) is 212 Å². The van der Waals surface area contributed by atoms with Crippen LogP contribution in [0.3, 0.4) is 0 Å². The maximum atomic E-state index is 2.34. The zero-order valence-corrected chi connectivity index (χ0v) is 29.2. The van der Waals surface area contributed by atoms with Gasteiger partial charge in [-0.1, -0.05) is 164 Å². The average molecular weight is 674 g/mol. The van der Waals surface area contributed by atoms with Gasteiger partial charge in [-0.05, 0) is 125 Å². The zero-order chi connectivity index (χ0) is 35.1. The predicted octanol–water partition coefficient (Wildman–Crippen LogP) is 14.8. The first-order valence-electron chi connectivity index (χ1n) is 18.3. The molecule has 10 aromatic carbocycles. The van der Waals surface area contributed by atoms with Gasteiger partial charge >= 0.3 is 0 Å². The molecule has 0 aliphatic heterocycles. The Morgan fingerprint density at radius 2 is 0.755 bits per heavy atom. The van der Waals surface area contributed by atoms with E-state index < -0.39 is 0 Å². The summed E-state index contributed by atoms with van der Waals surface area (Å²) in [6.45, 7) is 0. The smallest absolute Gasteiger partial charge is 0.0467 e. The van der Waals surface area contributed by atoms with Crippen molar-refractivity contribution < 1.29 is 0 Å². The highest BCUT2D eigenvalue weighted by molar-refractivity contribution is 6.19. The van der Waals surface area contributed by atoms with Gasteiger partial charge < -0.3 is 4.90 Å². The highest BCUT2D eigenvalue weighted by atomic mass is 15.1. The van der Waals surface area contributed by atoms with E-state index in [0.717, 1.165) is 17.1 Å². The summed E-state index contributed by atoms with van der Waals surface area (Å²) < 4.78 is 0. The molecule has 0 aromatic heterocycles. The van der Waals surface area contributed by atoms with Crippen molar-refractivity contribution in [1.82, 2.24) is 0 Å². The van der Waals surface area contributed by atoms with Crippen molar-refractivity contribution >= 4 is 60.2 Å². The Morgan fingerprint density at radius 3 is 1.62 bits per heavy atom. The van der Waals surface area contributed by atoms with Gasteiger partial charge in [0.2, 0.25) is 0 Å². The highest BCUT2D eigenvalue weighted by Crippen LogP contribution is 2.40. The summed E-state index contributed by atoms with van der Waals surface area (Å²) >= 11 is 0. The summed E-state index contributed by atoms with van der Waals surface area (Å²) in [6.07, 6.45) is 0. The second-order valence-corrected chi connectivity index (χ2v) is 13.8. The maximum absolute atomic E-state index is 2.34. The molecule has 0 fully saturated rings. The van der Waals surface area contributed by atoms with E-state index in [-0.39, 0.29) is 0 Å². The van der Waals surface area contributed by atoms with E-state index in [9.17, 15) is 0 Å². The molecule has 0 radical (unpaired) electrons. The SMILES string of the molecule is c1ccc(N(c2ccc(-c3cccc(-c4cccc5c4ccc4c6ccccc6ccc54)c3)cc2)c2cccc(-c3ccc4ccccc4c3)c2)cc1. The second-order valence-electron chi connectivity index (χ2n) is 13.8. The average Bonchev–Trinajstić information content (AvgIpc) is 3.24. The van der Waals surface area contributed by atoms with Crippen LogP contribution in [0.1, 0.15) is 0 Å². The number of rotatable bonds is 6. The fourth-order valence-corrected chi connectivity index (χ4v) is 8.00. The standard InChI is InChI=1S/C52H35N/c1-2-17-44(18-3-1)53(46-19-9-15-41(35-46)42-24-23-36-11-4-5-13-39(36)33-42)45-28-25-37(26-29-45)40-14-8-16-43(34-40)48-21-10-22-49-51(48)32-31-50-47-20-7-6-12-38(47)27-30-52(49)50/h1-35H. The minimum Gasteiger partial charge on any atom is -0.310 e. The minimum absolute atomic E-state index is 1.11. The molecule has 0 bridgehead atoms. The van der Waals surface area contributed by atoms with Gasteiger partial charge in [0.25, 0.3) is 0 Å². The van der Waals surface area contributed by atoms with Crippen LogP contribution in [0.5, 0.6) is 0 Å². The van der Waals surface area contributed by atoms with Crippen LogP contribution in [0, 0.1) is 0 Å². The van der Waals surface area contributed by atoms with Gasteiger partial charge in [0, 0.05) is 17.1 Å². The fraction of sp³-hybridized carbons (Fsp3) is 0. The lowest BCUT2D eigenvalue weighted by Crippen LogP contribution is -2.09. The number of fused-ring (bicyclic) bond motifs is 6. The van der Waals surface area contributed by atoms with E-state index in [1.54, 1.807) is 0 Å². The summed E-state index contributed by atoms with van der Waals surface area (Å²) in [6, 6.07) is 77.2. The largest absolute Gasteiger partial charge is 0.310 e. The molecule has 0 aliphatic rings. The topological polar surface area (TPSA) is 3.24 Å². The molecule has 248 valence electrons. The molecule has 0 unspecified atom stereocenters. The van der Waals surface area contributed by atoms with Crippen molar-refractivity contribution in [1.29, 1.82) is 0 Å². The molecule has 0 spiro atoms. The van der Waals surface area contributed by atoms with E-state index in [0.29, 0.717) is 0 Å². The first kappa shape index (κ1) is 30.8. The lowest BCUT2D eigenvalue weighted by atomic mass is 9.91. The van der Waals surface area contributed by atoms with Gasteiger partial charge in [-0.15, -0.1) is 0 Å². The van der Waals surface area contributed by atoms with Crippen LogP contribution in [-0.2, 0) is 0 Å². The van der Waals surface area contributed by atoms with E-state index >= 15 is 0 Å². The molecule has 0 atom stereocenters. The molecule has 10 rings (SSSR count). The predicted molar refractivity (Wildman–Crippen MR) is 227 cm³/mol. The lowest BCUT2D eigenvalue weighted by Gasteiger charge is -2.26. The summed E-state index contributed by atoms with van der Waals surface area (Å²) in [4.78, 5) is 2.34. The Hall–Kier alpha value is -6.96. The molecular formula is C52H35N. The fourth-order valence-electron chi connectivity index (χ4n) is 8.00. The third kappa shape index (κ3) is 5.60. The van der Waals surface area contributed by atoms with E-state index in [2.05, 4.69) is 217 Å². The number of hydrogen-bond acceptors (Lipinski definition) is 1. The van der Waals surface area contributed by atoms with Crippen LogP contribution in [0.25, 0.3) is 76.5 Å². The number of nitrogens with zero attached hydrogens (tertiary/aromatic N) is 1. The molecular weight excluding hydrogens is 639 g/mol. The summed E-state index contributed by atoms with van der Waals surface area (Å²) in [5, 5.41) is 10.2. The summed E-state index contributed by atoms with van der Waals surface area (Å²) in [5.74, 6) is 0. The highest BCUT2D eigenvalue weighted by Gasteiger charge is 2.15. The lowest BCUT2D eigenvalue weighted by molar-refractivity contribution is 1.28. The molecule has 0 heterocycles. The van der Waals surface area contributed by atoms with Crippen LogP contribution >= 0.6 is 0 Å². The third-order valence-electron chi connectivity index (χ3n) is 10.6. The number of anilines is 3. The second kappa shape index (κ2) is 13.0. The summed E-state index contributed by atoms with van der Waals surface area (Å²) in [7, 11) is 0. The van der Waals surface area contributed by atoms with E-state index in [1.807, 2.05) is 0 Å². The van der Waals surface area contributed by atoms with Gasteiger partial charge in [-0.3, -0.25) is 0 Å². The number of hydrogen-bond donors (Lipinski definition) is 0. The molecule has 1 nitrogen and oxygen atoms in total. The Kier molecular flexibility index (Phi) is 7.55. The molecule has 10 aromatic rings. The third-order valence-corrected chi connectivity index (χ3v) is 10.6. The Bertz CT molecular complexity index is 2940. The quantitative estimate of drug-likeness (QED) is 0.159. The van der Waals surface area contributed by atoms with Gasteiger partial charge in [0.1, 0.15) is 0 Å². The van der Waals surface area contributed by atoms with Crippen LogP contribution in [0.4, 0.5) is 17.1 Å². The monoisotopic (exact) mass is 673 g/mol. The van der Waals surface area contributed by atoms with Crippen LogP contribution in [-0.4, -0.2) is 0 Å². The molecule has 53 heavy (non-hydrogen) atoms. The van der Waals surface area contributed by atoms with E-state index in [4.69, 9.17) is 0 Å². The Balaban J connectivity index is 1.01. The summed E-state index contributed by atoms with van der Waals surface area (Å²) in [5.41, 5.74) is 10.6. The molecule has 1 heteroatoms. The van der Waals surface area contributed by atoms with Gasteiger partial charge in [-0.25, -0.2) is 0 Å². The number of benzene rings is 10. The Labute approximate surface area is 309 Å². The van der Waals surface area contributed by atoms with Crippen molar-refractivity contribution in [3.63, 3.8) is 0 Å².